The average Bonchev–Trinajstić information content (AvgIpc) is 2.79. The van der Waals surface area contributed by atoms with E-state index in [1.807, 2.05) is 6.92 Å². The molecule has 2 unspecified atom stereocenters. The van der Waals surface area contributed by atoms with E-state index in [9.17, 15) is 13.0 Å². The predicted octanol–water partition coefficient (Wildman–Crippen LogP) is 3.25. The standard InChI is InChI=1S/C14H17ClF2N2OS/c1-9(21(2)20)6-8-19-12(5-7-15)18-11-4-3-10(16)13(17)14(11)19/h3-4,9H,5-8H2,1-2H3. The maximum Gasteiger partial charge on any atom is 0.184 e. The predicted molar refractivity (Wildman–Crippen MR) is 82.2 cm³/mol. The highest BCUT2D eigenvalue weighted by Gasteiger charge is 2.18. The topological polar surface area (TPSA) is 34.9 Å². The van der Waals surface area contributed by atoms with Crippen molar-refractivity contribution in [2.75, 3.05) is 12.1 Å². The number of halogens is 3. The second-order valence-electron chi connectivity index (χ2n) is 4.95. The van der Waals surface area contributed by atoms with Gasteiger partial charge in [0.2, 0.25) is 0 Å². The number of alkyl halides is 1. The quantitative estimate of drug-likeness (QED) is 0.760. The van der Waals surface area contributed by atoms with Crippen LogP contribution in [-0.4, -0.2) is 31.1 Å². The molecule has 1 aromatic carbocycles. The summed E-state index contributed by atoms with van der Waals surface area (Å²) >= 11 is 5.75. The molecule has 2 aromatic rings. The number of hydrogen-bond acceptors (Lipinski definition) is 2. The van der Waals surface area contributed by atoms with E-state index >= 15 is 0 Å². The molecule has 116 valence electrons. The molecule has 0 radical (unpaired) electrons. The molecule has 0 aliphatic rings. The van der Waals surface area contributed by atoms with Crippen molar-refractivity contribution in [1.82, 2.24) is 9.55 Å². The number of hydrogen-bond donors (Lipinski definition) is 0. The van der Waals surface area contributed by atoms with E-state index in [2.05, 4.69) is 4.98 Å². The van der Waals surface area contributed by atoms with Crippen LogP contribution in [0, 0.1) is 11.6 Å². The van der Waals surface area contributed by atoms with E-state index in [-0.39, 0.29) is 10.8 Å². The lowest BCUT2D eigenvalue weighted by atomic mass is 10.2. The van der Waals surface area contributed by atoms with Crippen molar-refractivity contribution in [2.24, 2.45) is 0 Å². The number of imidazole rings is 1. The minimum Gasteiger partial charge on any atom is -0.325 e. The number of aromatic nitrogens is 2. The van der Waals surface area contributed by atoms with Crippen LogP contribution < -0.4 is 0 Å². The van der Waals surface area contributed by atoms with Crippen molar-refractivity contribution >= 4 is 33.4 Å². The Morgan fingerprint density at radius 3 is 2.76 bits per heavy atom. The normalized spacial score (nSPS) is 14.5. The molecule has 0 aliphatic heterocycles. The maximum atomic E-state index is 14.1. The van der Waals surface area contributed by atoms with Gasteiger partial charge in [-0.25, -0.2) is 13.8 Å². The van der Waals surface area contributed by atoms with Crippen LogP contribution in [0.15, 0.2) is 12.1 Å². The number of nitrogens with zero attached hydrogens (tertiary/aromatic N) is 2. The van der Waals surface area contributed by atoms with Crippen LogP contribution in [0.25, 0.3) is 11.0 Å². The highest BCUT2D eigenvalue weighted by Crippen LogP contribution is 2.23. The van der Waals surface area contributed by atoms with E-state index in [1.54, 1.807) is 10.8 Å². The van der Waals surface area contributed by atoms with Gasteiger partial charge in [-0.15, -0.1) is 11.6 Å². The summed E-state index contributed by atoms with van der Waals surface area (Å²) in [7, 11) is -0.953. The highest BCUT2D eigenvalue weighted by atomic mass is 35.5. The summed E-state index contributed by atoms with van der Waals surface area (Å²) in [6.45, 7) is 2.30. The molecule has 0 amide bonds. The third-order valence-corrected chi connectivity index (χ3v) is 5.08. The molecular weight excluding hydrogens is 318 g/mol. The Morgan fingerprint density at radius 2 is 2.14 bits per heavy atom. The molecule has 1 aromatic heterocycles. The lowest BCUT2D eigenvalue weighted by Gasteiger charge is -2.12. The summed E-state index contributed by atoms with van der Waals surface area (Å²) in [5.41, 5.74) is 0.573. The SMILES string of the molecule is CC(CCn1c(CCCl)nc2ccc(F)c(F)c21)S(C)=O. The molecular formula is C14H17ClF2N2OS. The van der Waals surface area contributed by atoms with Gasteiger partial charge in [-0.05, 0) is 18.6 Å². The third-order valence-electron chi connectivity index (χ3n) is 3.52. The Kier molecular flexibility index (Phi) is 5.32. The molecule has 21 heavy (non-hydrogen) atoms. The third kappa shape index (κ3) is 3.43. The first-order valence-electron chi connectivity index (χ1n) is 6.67. The molecule has 1 heterocycles. The van der Waals surface area contributed by atoms with Crippen LogP contribution in [0.3, 0.4) is 0 Å². The van der Waals surface area contributed by atoms with Gasteiger partial charge < -0.3 is 4.57 Å². The van der Waals surface area contributed by atoms with Crippen LogP contribution >= 0.6 is 11.6 Å². The summed E-state index contributed by atoms with van der Waals surface area (Å²) in [5, 5.41) is -0.0251. The Labute approximate surface area is 129 Å². The van der Waals surface area contributed by atoms with Crippen molar-refractivity contribution < 1.29 is 13.0 Å². The van der Waals surface area contributed by atoms with Gasteiger partial charge in [-0.2, -0.15) is 0 Å². The largest absolute Gasteiger partial charge is 0.325 e. The highest BCUT2D eigenvalue weighted by molar-refractivity contribution is 7.84. The van der Waals surface area contributed by atoms with Gasteiger partial charge in [0.1, 0.15) is 11.3 Å². The summed E-state index contributed by atoms with van der Waals surface area (Å²) < 4.78 is 40.6. The van der Waals surface area contributed by atoms with Crippen LogP contribution in [0.4, 0.5) is 8.78 Å². The fraction of sp³-hybridized carbons (Fsp3) is 0.500. The fourth-order valence-electron chi connectivity index (χ4n) is 2.20. The first-order chi connectivity index (χ1) is 9.95. The molecule has 0 saturated heterocycles. The summed E-state index contributed by atoms with van der Waals surface area (Å²) in [5.74, 6) is -0.819. The second-order valence-corrected chi connectivity index (χ2v) is 7.13. The smallest absolute Gasteiger partial charge is 0.184 e. The average molecular weight is 335 g/mol. The number of rotatable bonds is 6. The molecule has 0 aliphatic carbocycles. The molecule has 0 saturated carbocycles. The van der Waals surface area contributed by atoms with Gasteiger partial charge in [0.15, 0.2) is 11.6 Å². The van der Waals surface area contributed by atoms with Gasteiger partial charge >= 0.3 is 0 Å². The van der Waals surface area contributed by atoms with Crippen molar-refractivity contribution in [3.63, 3.8) is 0 Å². The number of fused-ring (bicyclic) bond motifs is 1. The minimum atomic E-state index is -0.953. The van der Waals surface area contributed by atoms with Crippen molar-refractivity contribution in [2.45, 2.75) is 31.6 Å². The van der Waals surface area contributed by atoms with Crippen molar-refractivity contribution in [3.05, 3.63) is 29.6 Å². The number of aryl methyl sites for hydroxylation is 2. The lowest BCUT2D eigenvalue weighted by Crippen LogP contribution is -2.15. The summed E-state index contributed by atoms with van der Waals surface area (Å²) in [6, 6.07) is 2.53. The maximum absolute atomic E-state index is 14.1. The van der Waals surface area contributed by atoms with E-state index in [0.717, 1.165) is 6.07 Å². The summed E-state index contributed by atoms with van der Waals surface area (Å²) in [4.78, 5) is 4.32. The van der Waals surface area contributed by atoms with Crippen LogP contribution in [0.5, 0.6) is 0 Å². The van der Waals surface area contributed by atoms with Crippen molar-refractivity contribution in [1.29, 1.82) is 0 Å². The van der Waals surface area contributed by atoms with Crippen molar-refractivity contribution in [3.8, 4) is 0 Å². The van der Waals surface area contributed by atoms with Crippen LogP contribution in [0.1, 0.15) is 19.2 Å². The summed E-state index contributed by atoms with van der Waals surface area (Å²) in [6.07, 6.45) is 2.71. The molecule has 0 bridgehead atoms. The zero-order valence-corrected chi connectivity index (χ0v) is 13.5. The van der Waals surface area contributed by atoms with Gasteiger partial charge in [-0.3, -0.25) is 4.21 Å². The number of benzene rings is 1. The Bertz CT molecular complexity index is 675. The molecule has 0 spiro atoms. The van der Waals surface area contributed by atoms with E-state index in [1.165, 1.54) is 6.07 Å². The Morgan fingerprint density at radius 1 is 1.43 bits per heavy atom. The molecule has 2 atom stereocenters. The van der Waals surface area contributed by atoms with Gasteiger partial charge in [0, 0.05) is 41.2 Å². The van der Waals surface area contributed by atoms with Gasteiger partial charge in [0.05, 0.1) is 5.52 Å². The first-order valence-corrected chi connectivity index (χ1v) is 8.82. The van der Waals surface area contributed by atoms with Crippen LogP contribution in [-0.2, 0) is 23.8 Å². The fourth-order valence-corrected chi connectivity index (χ4v) is 2.80. The Hall–Kier alpha value is -1.01. The van der Waals surface area contributed by atoms with E-state index in [4.69, 9.17) is 11.6 Å². The molecule has 3 nitrogen and oxygen atoms in total. The monoisotopic (exact) mass is 334 g/mol. The van der Waals surface area contributed by atoms with E-state index in [0.29, 0.717) is 36.6 Å². The zero-order chi connectivity index (χ0) is 15.6. The first kappa shape index (κ1) is 16.4. The minimum absolute atomic E-state index is 0.0251. The van der Waals surface area contributed by atoms with Gasteiger partial charge in [-0.1, -0.05) is 6.92 Å². The lowest BCUT2D eigenvalue weighted by molar-refractivity contribution is 0.508. The molecule has 0 fully saturated rings. The van der Waals surface area contributed by atoms with Crippen LogP contribution in [0.2, 0.25) is 0 Å². The van der Waals surface area contributed by atoms with E-state index < -0.39 is 22.4 Å². The molecule has 0 N–H and O–H groups in total. The molecule has 2 rings (SSSR count). The molecule has 7 heteroatoms. The zero-order valence-electron chi connectivity index (χ0n) is 11.9. The van der Waals surface area contributed by atoms with Gasteiger partial charge in [0.25, 0.3) is 0 Å². The second kappa shape index (κ2) is 6.83. The Balaban J connectivity index is 2.44.